The average molecular weight is 219 g/mol. The van der Waals surface area contributed by atoms with Gasteiger partial charge in [-0.1, -0.05) is 6.92 Å². The van der Waals surface area contributed by atoms with E-state index in [9.17, 15) is 4.79 Å². The number of rotatable bonds is 5. The van der Waals surface area contributed by atoms with Gasteiger partial charge in [0, 0.05) is 24.5 Å². The first-order valence-electron chi connectivity index (χ1n) is 5.80. The van der Waals surface area contributed by atoms with Gasteiger partial charge in [-0.15, -0.1) is 0 Å². The molecule has 0 bridgehead atoms. The second-order valence-corrected chi connectivity index (χ2v) is 4.10. The minimum absolute atomic E-state index is 0.0670. The molecule has 16 heavy (non-hydrogen) atoms. The van der Waals surface area contributed by atoms with Gasteiger partial charge in [0.15, 0.2) is 0 Å². The first-order chi connectivity index (χ1) is 7.79. The third-order valence-electron chi connectivity index (χ3n) is 2.48. The SMILES string of the molecule is CCCNc1ccnc(C(=O)NC2CC2)c1. The predicted octanol–water partition coefficient (Wildman–Crippen LogP) is 1.80. The molecule has 0 atom stereocenters. The molecule has 1 aliphatic carbocycles. The van der Waals surface area contributed by atoms with Crippen LogP contribution in [0.25, 0.3) is 0 Å². The minimum Gasteiger partial charge on any atom is -0.385 e. The monoisotopic (exact) mass is 219 g/mol. The molecule has 1 aromatic rings. The quantitative estimate of drug-likeness (QED) is 0.794. The lowest BCUT2D eigenvalue weighted by atomic mass is 10.3. The number of nitrogens with one attached hydrogen (secondary N) is 2. The highest BCUT2D eigenvalue weighted by atomic mass is 16.2. The first-order valence-corrected chi connectivity index (χ1v) is 5.80. The van der Waals surface area contributed by atoms with Gasteiger partial charge >= 0.3 is 0 Å². The Kier molecular flexibility index (Phi) is 3.39. The molecule has 1 amide bonds. The van der Waals surface area contributed by atoms with Crippen LogP contribution in [0.3, 0.4) is 0 Å². The standard InChI is InChI=1S/C12H17N3O/c1-2-6-13-10-5-7-14-11(8-10)12(16)15-9-3-4-9/h5,7-9H,2-4,6H2,1H3,(H,13,14)(H,15,16). The molecule has 2 rings (SSSR count). The smallest absolute Gasteiger partial charge is 0.270 e. The summed E-state index contributed by atoms with van der Waals surface area (Å²) < 4.78 is 0. The van der Waals surface area contributed by atoms with E-state index in [4.69, 9.17) is 0 Å². The molecule has 0 aromatic carbocycles. The van der Waals surface area contributed by atoms with Crippen LogP contribution < -0.4 is 10.6 Å². The fraction of sp³-hybridized carbons (Fsp3) is 0.500. The fourth-order valence-corrected chi connectivity index (χ4v) is 1.42. The summed E-state index contributed by atoms with van der Waals surface area (Å²) in [7, 11) is 0. The Labute approximate surface area is 95.5 Å². The summed E-state index contributed by atoms with van der Waals surface area (Å²) in [5.41, 5.74) is 1.45. The summed E-state index contributed by atoms with van der Waals surface area (Å²) in [5.74, 6) is -0.0670. The van der Waals surface area contributed by atoms with Crippen LogP contribution in [-0.4, -0.2) is 23.5 Å². The third-order valence-corrected chi connectivity index (χ3v) is 2.48. The van der Waals surface area contributed by atoms with E-state index in [0.717, 1.165) is 31.5 Å². The molecule has 4 nitrogen and oxygen atoms in total. The topological polar surface area (TPSA) is 54.0 Å². The average Bonchev–Trinajstić information content (AvgIpc) is 3.10. The Bertz CT molecular complexity index is 374. The van der Waals surface area contributed by atoms with Gasteiger partial charge in [-0.3, -0.25) is 9.78 Å². The summed E-state index contributed by atoms with van der Waals surface area (Å²) in [6, 6.07) is 4.05. The van der Waals surface area contributed by atoms with Gasteiger partial charge < -0.3 is 10.6 Å². The van der Waals surface area contributed by atoms with Crippen molar-refractivity contribution in [2.45, 2.75) is 32.2 Å². The Balaban J connectivity index is 1.99. The molecule has 1 saturated carbocycles. The summed E-state index contributed by atoms with van der Waals surface area (Å²) in [5, 5.41) is 6.16. The van der Waals surface area contributed by atoms with Gasteiger partial charge in [-0.05, 0) is 31.4 Å². The van der Waals surface area contributed by atoms with Crippen LogP contribution in [0.5, 0.6) is 0 Å². The van der Waals surface area contributed by atoms with Gasteiger partial charge in [0.25, 0.3) is 5.91 Å². The zero-order chi connectivity index (χ0) is 11.4. The molecule has 4 heteroatoms. The third kappa shape index (κ3) is 2.95. The van der Waals surface area contributed by atoms with E-state index in [1.807, 2.05) is 6.07 Å². The summed E-state index contributed by atoms with van der Waals surface area (Å²) in [4.78, 5) is 15.8. The van der Waals surface area contributed by atoms with Gasteiger partial charge in [0.05, 0.1) is 0 Å². The van der Waals surface area contributed by atoms with Crippen molar-refractivity contribution in [3.05, 3.63) is 24.0 Å². The second-order valence-electron chi connectivity index (χ2n) is 4.10. The highest BCUT2D eigenvalue weighted by molar-refractivity contribution is 5.93. The van der Waals surface area contributed by atoms with Crippen molar-refractivity contribution in [3.8, 4) is 0 Å². The van der Waals surface area contributed by atoms with Crippen LogP contribution in [0.2, 0.25) is 0 Å². The van der Waals surface area contributed by atoms with Crippen molar-refractivity contribution in [1.82, 2.24) is 10.3 Å². The molecule has 0 radical (unpaired) electrons. The fourth-order valence-electron chi connectivity index (χ4n) is 1.42. The van der Waals surface area contributed by atoms with Gasteiger partial charge in [0.1, 0.15) is 5.69 Å². The largest absolute Gasteiger partial charge is 0.385 e. The van der Waals surface area contributed by atoms with Crippen LogP contribution in [0.4, 0.5) is 5.69 Å². The molecule has 0 aliphatic heterocycles. The van der Waals surface area contributed by atoms with E-state index in [0.29, 0.717) is 11.7 Å². The lowest BCUT2D eigenvalue weighted by Crippen LogP contribution is -2.26. The van der Waals surface area contributed by atoms with Crippen molar-refractivity contribution in [2.24, 2.45) is 0 Å². The Hall–Kier alpha value is -1.58. The minimum atomic E-state index is -0.0670. The van der Waals surface area contributed by atoms with Crippen molar-refractivity contribution >= 4 is 11.6 Å². The van der Waals surface area contributed by atoms with Crippen molar-refractivity contribution < 1.29 is 4.79 Å². The maximum atomic E-state index is 11.7. The number of amides is 1. The number of anilines is 1. The summed E-state index contributed by atoms with van der Waals surface area (Å²) in [6.07, 6.45) is 4.92. The molecule has 1 heterocycles. The van der Waals surface area contributed by atoms with Crippen LogP contribution in [0.15, 0.2) is 18.3 Å². The molecule has 1 fully saturated rings. The summed E-state index contributed by atoms with van der Waals surface area (Å²) in [6.45, 7) is 3.02. The van der Waals surface area contributed by atoms with E-state index >= 15 is 0 Å². The zero-order valence-electron chi connectivity index (χ0n) is 9.49. The van der Waals surface area contributed by atoms with Crippen molar-refractivity contribution in [2.75, 3.05) is 11.9 Å². The number of carbonyl (C=O) groups is 1. The normalized spacial score (nSPS) is 14.6. The Morgan fingerprint density at radius 2 is 2.38 bits per heavy atom. The number of nitrogens with zero attached hydrogens (tertiary/aromatic N) is 1. The van der Waals surface area contributed by atoms with Crippen molar-refractivity contribution in [1.29, 1.82) is 0 Å². The lowest BCUT2D eigenvalue weighted by molar-refractivity contribution is 0.0946. The molecular formula is C12H17N3O. The van der Waals surface area contributed by atoms with E-state index in [2.05, 4.69) is 22.5 Å². The predicted molar refractivity (Wildman–Crippen MR) is 63.5 cm³/mol. The molecule has 0 spiro atoms. The molecule has 0 saturated heterocycles. The number of carbonyl (C=O) groups excluding carboxylic acids is 1. The van der Waals surface area contributed by atoms with Crippen LogP contribution >= 0.6 is 0 Å². The van der Waals surface area contributed by atoms with Crippen LogP contribution in [-0.2, 0) is 0 Å². The number of hydrogen-bond acceptors (Lipinski definition) is 3. The highest BCUT2D eigenvalue weighted by Gasteiger charge is 2.24. The maximum Gasteiger partial charge on any atom is 0.270 e. The molecule has 1 aromatic heterocycles. The number of hydrogen-bond donors (Lipinski definition) is 2. The first kappa shape index (κ1) is 10.9. The Morgan fingerprint density at radius 3 is 3.06 bits per heavy atom. The molecule has 1 aliphatic rings. The summed E-state index contributed by atoms with van der Waals surface area (Å²) >= 11 is 0. The van der Waals surface area contributed by atoms with E-state index in [1.165, 1.54) is 0 Å². The Morgan fingerprint density at radius 1 is 1.56 bits per heavy atom. The molecular weight excluding hydrogens is 202 g/mol. The maximum absolute atomic E-state index is 11.7. The number of aromatic nitrogens is 1. The van der Waals surface area contributed by atoms with E-state index < -0.39 is 0 Å². The van der Waals surface area contributed by atoms with E-state index in [-0.39, 0.29) is 5.91 Å². The van der Waals surface area contributed by atoms with Gasteiger partial charge in [-0.25, -0.2) is 0 Å². The highest BCUT2D eigenvalue weighted by Crippen LogP contribution is 2.19. The van der Waals surface area contributed by atoms with Crippen molar-refractivity contribution in [3.63, 3.8) is 0 Å². The van der Waals surface area contributed by atoms with Crippen LogP contribution in [0.1, 0.15) is 36.7 Å². The molecule has 86 valence electrons. The second kappa shape index (κ2) is 4.96. The van der Waals surface area contributed by atoms with Gasteiger partial charge in [0.2, 0.25) is 0 Å². The lowest BCUT2D eigenvalue weighted by Gasteiger charge is -2.06. The van der Waals surface area contributed by atoms with E-state index in [1.54, 1.807) is 12.3 Å². The number of pyridine rings is 1. The van der Waals surface area contributed by atoms with Gasteiger partial charge in [-0.2, -0.15) is 0 Å². The molecule has 2 N–H and O–H groups in total. The van der Waals surface area contributed by atoms with Crippen LogP contribution in [0, 0.1) is 0 Å². The molecule has 0 unspecified atom stereocenters. The zero-order valence-corrected chi connectivity index (χ0v) is 9.49.